The summed E-state index contributed by atoms with van der Waals surface area (Å²) in [6, 6.07) is 67.5. The molecule has 0 nitrogen and oxygen atoms in total. The van der Waals surface area contributed by atoms with Gasteiger partial charge in [-0.2, -0.15) is 0 Å². The molecular formula is C50H30. The summed E-state index contributed by atoms with van der Waals surface area (Å²) >= 11 is 0. The minimum absolute atomic E-state index is 1.24. The molecule has 0 spiro atoms. The lowest BCUT2D eigenvalue weighted by molar-refractivity contribution is 1.63. The van der Waals surface area contributed by atoms with Gasteiger partial charge in [0, 0.05) is 0 Å². The zero-order valence-corrected chi connectivity index (χ0v) is 27.3. The van der Waals surface area contributed by atoms with Crippen LogP contribution in [0.2, 0.25) is 0 Å². The predicted molar refractivity (Wildman–Crippen MR) is 216 cm³/mol. The first-order valence-corrected chi connectivity index (χ1v) is 17.4. The highest BCUT2D eigenvalue weighted by atomic mass is 14.2. The topological polar surface area (TPSA) is 0 Å². The number of hydrogen-bond donors (Lipinski definition) is 0. The van der Waals surface area contributed by atoms with Crippen LogP contribution >= 0.6 is 0 Å². The van der Waals surface area contributed by atoms with Gasteiger partial charge in [-0.15, -0.1) is 0 Å². The van der Waals surface area contributed by atoms with Gasteiger partial charge in [0.15, 0.2) is 0 Å². The Bertz CT molecular complexity index is 2850. The summed E-state index contributed by atoms with van der Waals surface area (Å²) in [6.07, 6.45) is 0. The second-order valence-electron chi connectivity index (χ2n) is 13.6. The molecule has 0 unspecified atom stereocenters. The summed E-state index contributed by atoms with van der Waals surface area (Å²) in [4.78, 5) is 0. The quantitative estimate of drug-likeness (QED) is 0.170. The average Bonchev–Trinajstić information content (AvgIpc) is 3.19. The van der Waals surface area contributed by atoms with Gasteiger partial charge in [-0.1, -0.05) is 176 Å². The van der Waals surface area contributed by atoms with Crippen molar-refractivity contribution >= 4 is 64.6 Å². The number of hydrogen-bond acceptors (Lipinski definition) is 0. The monoisotopic (exact) mass is 630 g/mol. The van der Waals surface area contributed by atoms with Gasteiger partial charge in [-0.05, 0) is 115 Å². The highest BCUT2D eigenvalue weighted by molar-refractivity contribution is 6.29. The molecule has 0 saturated carbocycles. The van der Waals surface area contributed by atoms with Crippen LogP contribution in [0.1, 0.15) is 0 Å². The van der Waals surface area contributed by atoms with E-state index in [2.05, 4.69) is 182 Å². The maximum absolute atomic E-state index is 2.39. The minimum Gasteiger partial charge on any atom is -0.0622 e. The van der Waals surface area contributed by atoms with Gasteiger partial charge in [0.2, 0.25) is 0 Å². The summed E-state index contributed by atoms with van der Waals surface area (Å²) in [7, 11) is 0. The van der Waals surface area contributed by atoms with Crippen LogP contribution in [0.15, 0.2) is 182 Å². The Hall–Kier alpha value is -6.50. The van der Waals surface area contributed by atoms with E-state index in [0.29, 0.717) is 0 Å². The average molecular weight is 631 g/mol. The van der Waals surface area contributed by atoms with E-state index < -0.39 is 0 Å². The molecule has 0 aromatic heterocycles. The lowest BCUT2D eigenvalue weighted by atomic mass is 9.86. The fraction of sp³-hybridized carbons (Fsp3) is 0. The standard InChI is InChI=1S/C50H30/c1-3-8-31(9-4-1)39-22-14-33-20-28-45-41(24-16-35-18-26-43(39)47(33)49(35)45)37-12-7-13-38(30-37)42-25-17-36-19-27-44-40(32-10-5-2-6-11-32)23-15-34-21-29-46(42)50(36)48(34)44/h1-30H. The van der Waals surface area contributed by atoms with Crippen LogP contribution in [0.5, 0.6) is 0 Å². The Morgan fingerprint density at radius 3 is 0.820 bits per heavy atom. The summed E-state index contributed by atoms with van der Waals surface area (Å²) in [5.74, 6) is 0. The Labute approximate surface area is 290 Å². The molecule has 0 fully saturated rings. The van der Waals surface area contributed by atoms with Crippen LogP contribution < -0.4 is 0 Å². The molecule has 0 N–H and O–H groups in total. The SMILES string of the molecule is c1ccc(-c2ccc3ccc4c(-c5cccc(-c6ccc7ccc8c(-c9ccccc9)ccc9ccc6c7c98)c5)ccc5ccc2c3c54)cc1. The lowest BCUT2D eigenvalue weighted by Crippen LogP contribution is -1.91. The van der Waals surface area contributed by atoms with Gasteiger partial charge in [0.25, 0.3) is 0 Å². The second kappa shape index (κ2) is 10.5. The summed E-state index contributed by atoms with van der Waals surface area (Å²) < 4.78 is 0. The fourth-order valence-corrected chi connectivity index (χ4v) is 8.70. The molecule has 11 rings (SSSR count). The largest absolute Gasteiger partial charge is 0.0622 e. The van der Waals surface area contributed by atoms with Crippen molar-refractivity contribution in [3.05, 3.63) is 182 Å². The van der Waals surface area contributed by atoms with E-state index in [-0.39, 0.29) is 0 Å². The molecule has 230 valence electrons. The van der Waals surface area contributed by atoms with Gasteiger partial charge in [-0.3, -0.25) is 0 Å². The molecule has 11 aromatic carbocycles. The van der Waals surface area contributed by atoms with E-state index in [1.165, 1.54) is 109 Å². The molecule has 0 radical (unpaired) electrons. The molecule has 0 heterocycles. The third-order valence-electron chi connectivity index (χ3n) is 11.0. The summed E-state index contributed by atoms with van der Waals surface area (Å²) in [5.41, 5.74) is 10.1. The highest BCUT2D eigenvalue weighted by Gasteiger charge is 2.17. The van der Waals surface area contributed by atoms with Gasteiger partial charge in [-0.25, -0.2) is 0 Å². The molecule has 0 aliphatic carbocycles. The lowest BCUT2D eigenvalue weighted by Gasteiger charge is -2.18. The Morgan fingerprint density at radius 2 is 0.480 bits per heavy atom. The minimum atomic E-state index is 1.24. The van der Waals surface area contributed by atoms with Gasteiger partial charge in [0.1, 0.15) is 0 Å². The molecular weight excluding hydrogens is 601 g/mol. The molecule has 50 heavy (non-hydrogen) atoms. The normalized spacial score (nSPS) is 12.0. The fourth-order valence-electron chi connectivity index (χ4n) is 8.70. The third-order valence-corrected chi connectivity index (χ3v) is 11.0. The van der Waals surface area contributed by atoms with Crippen LogP contribution in [0.3, 0.4) is 0 Å². The maximum Gasteiger partial charge on any atom is -0.00203 e. The van der Waals surface area contributed by atoms with Crippen molar-refractivity contribution in [3.8, 4) is 44.5 Å². The second-order valence-corrected chi connectivity index (χ2v) is 13.6. The highest BCUT2D eigenvalue weighted by Crippen LogP contribution is 2.45. The van der Waals surface area contributed by atoms with Crippen molar-refractivity contribution in [2.24, 2.45) is 0 Å². The first kappa shape index (κ1) is 27.5. The van der Waals surface area contributed by atoms with Crippen molar-refractivity contribution in [1.82, 2.24) is 0 Å². The van der Waals surface area contributed by atoms with E-state index in [0.717, 1.165) is 0 Å². The molecule has 11 aromatic rings. The van der Waals surface area contributed by atoms with Crippen LogP contribution in [0, 0.1) is 0 Å². The number of benzene rings is 11. The van der Waals surface area contributed by atoms with Crippen molar-refractivity contribution in [2.75, 3.05) is 0 Å². The van der Waals surface area contributed by atoms with Crippen molar-refractivity contribution < 1.29 is 0 Å². The van der Waals surface area contributed by atoms with Crippen molar-refractivity contribution in [3.63, 3.8) is 0 Å². The van der Waals surface area contributed by atoms with Gasteiger partial charge >= 0.3 is 0 Å². The molecule has 0 aliphatic heterocycles. The summed E-state index contributed by atoms with van der Waals surface area (Å²) in [5, 5.41) is 15.7. The van der Waals surface area contributed by atoms with E-state index >= 15 is 0 Å². The molecule has 0 saturated heterocycles. The molecule has 0 amide bonds. The van der Waals surface area contributed by atoms with Crippen LogP contribution in [-0.2, 0) is 0 Å². The molecule has 0 atom stereocenters. The van der Waals surface area contributed by atoms with E-state index in [4.69, 9.17) is 0 Å². The van der Waals surface area contributed by atoms with Crippen LogP contribution in [-0.4, -0.2) is 0 Å². The Kier molecular flexibility index (Phi) is 5.76. The van der Waals surface area contributed by atoms with E-state index in [9.17, 15) is 0 Å². The summed E-state index contributed by atoms with van der Waals surface area (Å²) in [6.45, 7) is 0. The van der Waals surface area contributed by atoms with Crippen LogP contribution in [0.4, 0.5) is 0 Å². The Morgan fingerprint density at radius 1 is 0.200 bits per heavy atom. The van der Waals surface area contributed by atoms with Gasteiger partial charge in [0.05, 0.1) is 0 Å². The smallest absolute Gasteiger partial charge is 0.00203 e. The molecule has 0 heteroatoms. The van der Waals surface area contributed by atoms with Crippen molar-refractivity contribution in [2.45, 2.75) is 0 Å². The molecule has 0 bridgehead atoms. The van der Waals surface area contributed by atoms with Gasteiger partial charge < -0.3 is 0 Å². The zero-order valence-electron chi connectivity index (χ0n) is 27.3. The first-order valence-electron chi connectivity index (χ1n) is 17.4. The third kappa shape index (κ3) is 3.94. The first-order chi connectivity index (χ1) is 24.8. The van der Waals surface area contributed by atoms with Crippen LogP contribution in [0.25, 0.3) is 109 Å². The predicted octanol–water partition coefficient (Wildman–Crippen LogP) is 14.1. The van der Waals surface area contributed by atoms with Crippen molar-refractivity contribution in [1.29, 1.82) is 0 Å². The molecule has 0 aliphatic rings. The van der Waals surface area contributed by atoms with E-state index in [1.54, 1.807) is 0 Å². The maximum atomic E-state index is 2.39. The Balaban J connectivity index is 1.11. The van der Waals surface area contributed by atoms with E-state index in [1.807, 2.05) is 0 Å². The number of rotatable bonds is 4. The zero-order chi connectivity index (χ0) is 32.8.